The van der Waals surface area contributed by atoms with Gasteiger partial charge >= 0.3 is 6.03 Å². The quantitative estimate of drug-likeness (QED) is 0.811. The number of nitrogens with one attached hydrogen (secondary N) is 1. The Morgan fingerprint density at radius 3 is 2.47 bits per heavy atom. The Kier molecular flexibility index (Phi) is 3.79. The third kappa shape index (κ3) is 3.09. The molecule has 1 saturated heterocycles. The van der Waals surface area contributed by atoms with E-state index < -0.39 is 17.8 Å². The molecule has 0 spiro atoms. The number of barbiturate groups is 1. The largest absolute Gasteiger partial charge is 0.497 e. The van der Waals surface area contributed by atoms with Crippen LogP contribution in [0.2, 0.25) is 0 Å². The van der Waals surface area contributed by atoms with Crippen LogP contribution in [0.1, 0.15) is 12.0 Å². The van der Waals surface area contributed by atoms with Crippen LogP contribution < -0.4 is 10.1 Å². The molecule has 4 amide bonds. The lowest BCUT2D eigenvalue weighted by atomic mass is 10.1. The second kappa shape index (κ2) is 5.51. The molecule has 2 rings (SSSR count). The number of benzene rings is 1. The van der Waals surface area contributed by atoms with Crippen molar-refractivity contribution in [2.75, 3.05) is 13.7 Å². The number of rotatable bonds is 4. The van der Waals surface area contributed by atoms with Crippen molar-refractivity contribution in [3.05, 3.63) is 29.8 Å². The molecule has 0 aromatic heterocycles. The lowest BCUT2D eigenvalue weighted by Crippen LogP contribution is -2.53. The third-order valence-corrected chi connectivity index (χ3v) is 2.89. The maximum atomic E-state index is 11.6. The summed E-state index contributed by atoms with van der Waals surface area (Å²) in [6.45, 7) is 0.254. The Labute approximate surface area is 110 Å². The Balaban J connectivity index is 1.95. The Hall–Kier alpha value is -2.37. The molecule has 1 aromatic carbocycles. The average Bonchev–Trinajstić information content (AvgIpc) is 2.38. The van der Waals surface area contributed by atoms with E-state index in [0.29, 0.717) is 6.42 Å². The number of hydrogen-bond acceptors (Lipinski definition) is 4. The van der Waals surface area contributed by atoms with Crippen molar-refractivity contribution >= 4 is 17.8 Å². The van der Waals surface area contributed by atoms with Crippen molar-refractivity contribution in [2.24, 2.45) is 0 Å². The number of urea groups is 1. The van der Waals surface area contributed by atoms with E-state index in [4.69, 9.17) is 4.74 Å². The summed E-state index contributed by atoms with van der Waals surface area (Å²) in [5.74, 6) is -0.251. The molecule has 0 radical (unpaired) electrons. The molecule has 1 heterocycles. The van der Waals surface area contributed by atoms with Gasteiger partial charge in [0.25, 0.3) is 0 Å². The smallest absolute Gasteiger partial charge is 0.330 e. The number of ether oxygens (including phenoxy) is 1. The van der Waals surface area contributed by atoms with Gasteiger partial charge in [0.1, 0.15) is 12.2 Å². The van der Waals surface area contributed by atoms with Gasteiger partial charge in [-0.25, -0.2) is 4.79 Å². The van der Waals surface area contributed by atoms with Crippen LogP contribution in [0.4, 0.5) is 4.79 Å². The molecule has 0 unspecified atom stereocenters. The van der Waals surface area contributed by atoms with Gasteiger partial charge in [0, 0.05) is 6.54 Å². The molecular formula is C13H14N2O4. The second-order valence-electron chi connectivity index (χ2n) is 4.17. The van der Waals surface area contributed by atoms with Crippen LogP contribution in [0.5, 0.6) is 5.75 Å². The number of nitrogens with zero attached hydrogens (tertiary/aromatic N) is 1. The molecule has 6 nitrogen and oxygen atoms in total. The summed E-state index contributed by atoms with van der Waals surface area (Å²) >= 11 is 0. The van der Waals surface area contributed by atoms with Crippen molar-refractivity contribution < 1.29 is 19.1 Å². The van der Waals surface area contributed by atoms with Crippen molar-refractivity contribution in [2.45, 2.75) is 12.8 Å². The predicted octanol–water partition coefficient (Wildman–Crippen LogP) is 0.706. The molecule has 1 fully saturated rings. The van der Waals surface area contributed by atoms with Gasteiger partial charge in [0.2, 0.25) is 11.8 Å². The zero-order chi connectivity index (χ0) is 13.8. The van der Waals surface area contributed by atoms with Crippen molar-refractivity contribution in [3.8, 4) is 5.75 Å². The van der Waals surface area contributed by atoms with Crippen LogP contribution in [0.15, 0.2) is 24.3 Å². The topological polar surface area (TPSA) is 75.7 Å². The summed E-state index contributed by atoms with van der Waals surface area (Å²) in [6.07, 6.45) is 0.270. The van der Waals surface area contributed by atoms with Crippen molar-refractivity contribution in [3.63, 3.8) is 0 Å². The number of carbonyl (C=O) groups is 3. The first-order chi connectivity index (χ1) is 9.10. The van der Waals surface area contributed by atoms with Crippen LogP contribution >= 0.6 is 0 Å². The molecule has 100 valence electrons. The lowest BCUT2D eigenvalue weighted by Gasteiger charge is -2.24. The number of carbonyl (C=O) groups excluding carboxylic acids is 3. The zero-order valence-electron chi connectivity index (χ0n) is 10.5. The lowest BCUT2D eigenvalue weighted by molar-refractivity contribution is -0.136. The number of imide groups is 2. The SMILES string of the molecule is COc1ccc(CCN2C(=O)CC(=O)NC2=O)cc1. The number of hydrogen-bond donors (Lipinski definition) is 1. The molecule has 19 heavy (non-hydrogen) atoms. The van der Waals surface area contributed by atoms with Gasteiger partial charge in [-0.1, -0.05) is 12.1 Å². The standard InChI is InChI=1S/C13H14N2O4/c1-19-10-4-2-9(3-5-10)6-7-15-12(17)8-11(16)14-13(15)18/h2-5H,6-8H2,1H3,(H,14,16,18). The Morgan fingerprint density at radius 2 is 1.89 bits per heavy atom. The van der Waals surface area contributed by atoms with E-state index in [1.807, 2.05) is 24.3 Å². The molecule has 0 atom stereocenters. The summed E-state index contributed by atoms with van der Waals surface area (Å²) in [5, 5.41) is 2.12. The summed E-state index contributed by atoms with van der Waals surface area (Å²) in [6, 6.07) is 6.73. The average molecular weight is 262 g/mol. The van der Waals surface area contributed by atoms with E-state index in [0.717, 1.165) is 16.2 Å². The Bertz CT molecular complexity index is 490. The highest BCUT2D eigenvalue weighted by atomic mass is 16.5. The van der Waals surface area contributed by atoms with E-state index >= 15 is 0 Å². The van der Waals surface area contributed by atoms with Crippen LogP contribution in [0.25, 0.3) is 0 Å². The van der Waals surface area contributed by atoms with Gasteiger partial charge in [-0.3, -0.25) is 19.8 Å². The molecular weight excluding hydrogens is 248 g/mol. The molecule has 1 aliphatic heterocycles. The Morgan fingerprint density at radius 1 is 1.21 bits per heavy atom. The van der Waals surface area contributed by atoms with Crippen molar-refractivity contribution in [1.29, 1.82) is 0 Å². The minimum atomic E-state index is -0.644. The maximum absolute atomic E-state index is 11.6. The summed E-state index contributed by atoms with van der Waals surface area (Å²) in [4.78, 5) is 35.1. The first-order valence-corrected chi connectivity index (χ1v) is 5.87. The fourth-order valence-electron chi connectivity index (χ4n) is 1.84. The van der Waals surface area contributed by atoms with Crippen LogP contribution in [0, 0.1) is 0 Å². The van der Waals surface area contributed by atoms with Crippen LogP contribution in [-0.4, -0.2) is 36.4 Å². The van der Waals surface area contributed by atoms with Crippen molar-refractivity contribution in [1.82, 2.24) is 10.2 Å². The summed E-state index contributed by atoms with van der Waals surface area (Å²) in [5.41, 5.74) is 0.985. The van der Waals surface area contributed by atoms with Gasteiger partial charge in [0.05, 0.1) is 7.11 Å². The molecule has 6 heteroatoms. The normalized spacial score (nSPS) is 15.4. The van der Waals surface area contributed by atoms with E-state index in [9.17, 15) is 14.4 Å². The van der Waals surface area contributed by atoms with Gasteiger partial charge in [-0.2, -0.15) is 0 Å². The number of amides is 4. The molecule has 1 N–H and O–H groups in total. The van der Waals surface area contributed by atoms with E-state index in [-0.39, 0.29) is 13.0 Å². The first-order valence-electron chi connectivity index (χ1n) is 5.87. The highest BCUT2D eigenvalue weighted by molar-refractivity contribution is 6.14. The minimum Gasteiger partial charge on any atom is -0.497 e. The fraction of sp³-hybridized carbons (Fsp3) is 0.308. The highest BCUT2D eigenvalue weighted by Crippen LogP contribution is 2.12. The van der Waals surface area contributed by atoms with Gasteiger partial charge in [-0.05, 0) is 24.1 Å². The van der Waals surface area contributed by atoms with Gasteiger partial charge in [0.15, 0.2) is 0 Å². The predicted molar refractivity (Wildman–Crippen MR) is 66.6 cm³/mol. The van der Waals surface area contributed by atoms with E-state index in [2.05, 4.69) is 5.32 Å². The molecule has 1 aromatic rings. The maximum Gasteiger partial charge on any atom is 0.330 e. The number of methoxy groups -OCH3 is 1. The fourth-order valence-corrected chi connectivity index (χ4v) is 1.84. The monoisotopic (exact) mass is 262 g/mol. The van der Waals surface area contributed by atoms with E-state index in [1.165, 1.54) is 0 Å². The minimum absolute atomic E-state index is 0.254. The van der Waals surface area contributed by atoms with Gasteiger partial charge < -0.3 is 4.74 Å². The molecule has 0 saturated carbocycles. The van der Waals surface area contributed by atoms with Gasteiger partial charge in [-0.15, -0.1) is 0 Å². The second-order valence-corrected chi connectivity index (χ2v) is 4.17. The van der Waals surface area contributed by atoms with E-state index in [1.54, 1.807) is 7.11 Å². The van der Waals surface area contributed by atoms with Crippen LogP contribution in [-0.2, 0) is 16.0 Å². The first kappa shape index (κ1) is 13.1. The summed E-state index contributed by atoms with van der Waals surface area (Å²) in [7, 11) is 1.59. The summed E-state index contributed by atoms with van der Waals surface area (Å²) < 4.78 is 5.04. The molecule has 0 bridgehead atoms. The third-order valence-electron chi connectivity index (χ3n) is 2.89. The zero-order valence-corrected chi connectivity index (χ0v) is 10.5. The molecule has 0 aliphatic carbocycles. The molecule has 1 aliphatic rings. The van der Waals surface area contributed by atoms with Crippen LogP contribution in [0.3, 0.4) is 0 Å². The highest BCUT2D eigenvalue weighted by Gasteiger charge is 2.30.